The molecule has 0 amide bonds. The second-order valence-corrected chi connectivity index (χ2v) is 5.14. The minimum Gasteiger partial charge on any atom is -0.491 e. The van der Waals surface area contributed by atoms with E-state index in [1.54, 1.807) is 11.6 Å². The van der Waals surface area contributed by atoms with Crippen molar-refractivity contribution in [2.45, 2.75) is 6.10 Å². The molecule has 0 aliphatic carbocycles. The van der Waals surface area contributed by atoms with E-state index in [1.165, 1.54) is 11.3 Å². The monoisotopic (exact) mass is 290 g/mol. The first-order chi connectivity index (χ1) is 9.79. The molecule has 0 radical (unpaired) electrons. The number of epoxide rings is 1. The molecule has 1 aliphatic heterocycles. The molecule has 0 bridgehead atoms. The van der Waals surface area contributed by atoms with E-state index in [-0.39, 0.29) is 6.10 Å². The number of benzene rings is 1. The molecule has 7 heteroatoms. The van der Waals surface area contributed by atoms with Gasteiger partial charge in [-0.3, -0.25) is 5.43 Å². The van der Waals surface area contributed by atoms with Gasteiger partial charge in [-0.25, -0.2) is 4.98 Å². The summed E-state index contributed by atoms with van der Waals surface area (Å²) in [5.74, 6) is 1.33. The van der Waals surface area contributed by atoms with E-state index < -0.39 is 0 Å². The predicted octanol–water partition coefficient (Wildman–Crippen LogP) is 1.95. The highest BCUT2D eigenvalue weighted by molar-refractivity contribution is 7.14. The lowest BCUT2D eigenvalue weighted by atomic mass is 10.2. The van der Waals surface area contributed by atoms with E-state index >= 15 is 0 Å². The summed E-state index contributed by atoms with van der Waals surface area (Å²) >= 11 is 1.41. The van der Waals surface area contributed by atoms with Crippen molar-refractivity contribution in [3.63, 3.8) is 0 Å². The summed E-state index contributed by atoms with van der Waals surface area (Å²) in [7, 11) is 0. The van der Waals surface area contributed by atoms with Crippen LogP contribution < -0.4 is 15.9 Å². The summed E-state index contributed by atoms with van der Waals surface area (Å²) < 4.78 is 10.6. The lowest BCUT2D eigenvalue weighted by Gasteiger charge is -2.03. The lowest BCUT2D eigenvalue weighted by molar-refractivity contribution is 0.263. The molecular formula is C13H14N4O2S. The van der Waals surface area contributed by atoms with Crippen LogP contribution in [-0.4, -0.2) is 30.5 Å². The topological polar surface area (TPSA) is 85.1 Å². The fourth-order valence-corrected chi connectivity index (χ4v) is 2.05. The van der Waals surface area contributed by atoms with Crippen molar-refractivity contribution in [1.29, 1.82) is 0 Å². The van der Waals surface area contributed by atoms with Crippen LogP contribution in [0.25, 0.3) is 0 Å². The number of anilines is 2. The zero-order valence-electron chi connectivity index (χ0n) is 10.7. The molecule has 1 unspecified atom stereocenters. The van der Waals surface area contributed by atoms with Crippen molar-refractivity contribution in [3.05, 3.63) is 35.2 Å². The lowest BCUT2D eigenvalue weighted by Crippen LogP contribution is -2.03. The molecule has 3 rings (SSSR count). The first kappa shape index (κ1) is 12.9. The highest BCUT2D eigenvalue weighted by Crippen LogP contribution is 2.17. The second kappa shape index (κ2) is 5.89. The van der Waals surface area contributed by atoms with Crippen molar-refractivity contribution in [1.82, 2.24) is 4.98 Å². The Bertz CT molecular complexity index is 593. The number of ether oxygens (including phenoxy) is 2. The number of hydrogen-bond donors (Lipinski definition) is 2. The summed E-state index contributed by atoms with van der Waals surface area (Å²) in [6, 6.07) is 7.69. The highest BCUT2D eigenvalue weighted by Gasteiger charge is 2.22. The number of nitrogens with one attached hydrogen (secondary N) is 1. The molecule has 3 N–H and O–H groups in total. The molecule has 2 heterocycles. The molecule has 20 heavy (non-hydrogen) atoms. The van der Waals surface area contributed by atoms with Crippen LogP contribution in [0.15, 0.2) is 34.7 Å². The number of thiazole rings is 1. The maximum atomic E-state index is 5.55. The third-order valence-electron chi connectivity index (χ3n) is 2.61. The summed E-state index contributed by atoms with van der Waals surface area (Å²) in [4.78, 5) is 4.04. The first-order valence-electron chi connectivity index (χ1n) is 6.14. The average molecular weight is 290 g/mol. The molecule has 2 aromatic rings. The van der Waals surface area contributed by atoms with E-state index in [9.17, 15) is 0 Å². The molecule has 1 fully saturated rings. The Morgan fingerprint density at radius 2 is 2.30 bits per heavy atom. The molecule has 1 atom stereocenters. The van der Waals surface area contributed by atoms with Crippen LogP contribution in [0, 0.1) is 0 Å². The molecule has 1 aliphatic rings. The Balaban J connectivity index is 1.51. The molecule has 1 aromatic carbocycles. The first-order valence-corrected chi connectivity index (χ1v) is 7.02. The number of rotatable bonds is 6. The van der Waals surface area contributed by atoms with Crippen LogP contribution in [0.3, 0.4) is 0 Å². The zero-order chi connectivity index (χ0) is 13.8. The van der Waals surface area contributed by atoms with E-state index in [2.05, 4.69) is 15.5 Å². The minimum absolute atomic E-state index is 0.270. The van der Waals surface area contributed by atoms with E-state index in [4.69, 9.17) is 15.2 Å². The minimum atomic E-state index is 0.270. The van der Waals surface area contributed by atoms with Gasteiger partial charge in [0, 0.05) is 5.38 Å². The van der Waals surface area contributed by atoms with Gasteiger partial charge >= 0.3 is 0 Å². The van der Waals surface area contributed by atoms with Gasteiger partial charge in [-0.2, -0.15) is 5.10 Å². The van der Waals surface area contributed by atoms with Gasteiger partial charge < -0.3 is 15.2 Å². The third-order valence-corrected chi connectivity index (χ3v) is 3.38. The summed E-state index contributed by atoms with van der Waals surface area (Å²) in [6.45, 7) is 1.41. The molecular weight excluding hydrogens is 276 g/mol. The van der Waals surface area contributed by atoms with Gasteiger partial charge in [0.25, 0.3) is 0 Å². The number of nitrogens with two attached hydrogens (primary N) is 1. The van der Waals surface area contributed by atoms with E-state index in [0.717, 1.165) is 17.9 Å². The van der Waals surface area contributed by atoms with Gasteiger partial charge in [0.15, 0.2) is 0 Å². The average Bonchev–Trinajstić information content (AvgIpc) is 3.20. The summed E-state index contributed by atoms with van der Waals surface area (Å²) in [5, 5.41) is 6.52. The zero-order valence-corrected chi connectivity index (χ0v) is 11.5. The molecule has 104 valence electrons. The Morgan fingerprint density at radius 3 is 2.95 bits per heavy atom. The number of nitrogens with zero attached hydrogens (tertiary/aromatic N) is 2. The number of hydrazone groups is 1. The van der Waals surface area contributed by atoms with Crippen LogP contribution in [0.1, 0.15) is 5.56 Å². The summed E-state index contributed by atoms with van der Waals surface area (Å²) in [6.07, 6.45) is 1.98. The van der Waals surface area contributed by atoms with Crippen LogP contribution in [-0.2, 0) is 4.74 Å². The Kier molecular flexibility index (Phi) is 3.80. The van der Waals surface area contributed by atoms with Crippen molar-refractivity contribution in [2.75, 3.05) is 24.4 Å². The van der Waals surface area contributed by atoms with Crippen molar-refractivity contribution >= 4 is 28.5 Å². The Labute approximate surface area is 120 Å². The van der Waals surface area contributed by atoms with E-state index in [1.807, 2.05) is 24.3 Å². The second-order valence-electron chi connectivity index (χ2n) is 4.28. The number of hydrogen-bond acceptors (Lipinski definition) is 7. The Morgan fingerprint density at radius 1 is 1.50 bits per heavy atom. The van der Waals surface area contributed by atoms with Gasteiger partial charge in [0.2, 0.25) is 5.13 Å². The van der Waals surface area contributed by atoms with Gasteiger partial charge in [0.1, 0.15) is 24.3 Å². The van der Waals surface area contributed by atoms with Crippen molar-refractivity contribution in [2.24, 2.45) is 5.10 Å². The van der Waals surface area contributed by atoms with Gasteiger partial charge in [-0.15, -0.1) is 11.3 Å². The maximum absolute atomic E-state index is 5.55. The van der Waals surface area contributed by atoms with E-state index in [0.29, 0.717) is 17.6 Å². The van der Waals surface area contributed by atoms with Crippen molar-refractivity contribution < 1.29 is 9.47 Å². The standard InChI is InChI=1S/C13H14N4O2S/c14-12-8-20-13(16-12)17-15-5-9-1-3-10(4-2-9)18-6-11-7-19-11/h1-5,8,11H,6-7,14H2,(H,16,17). The van der Waals surface area contributed by atoms with Gasteiger partial charge in [0.05, 0.1) is 12.8 Å². The molecule has 6 nitrogen and oxygen atoms in total. The van der Waals surface area contributed by atoms with Crippen LogP contribution in [0.4, 0.5) is 10.9 Å². The summed E-state index contributed by atoms with van der Waals surface area (Å²) in [5.41, 5.74) is 9.31. The molecule has 0 saturated carbocycles. The van der Waals surface area contributed by atoms with Crippen LogP contribution in [0.2, 0.25) is 0 Å². The Hall–Kier alpha value is -2.12. The van der Waals surface area contributed by atoms with Gasteiger partial charge in [-0.1, -0.05) is 0 Å². The fourth-order valence-electron chi connectivity index (χ4n) is 1.50. The molecule has 1 saturated heterocycles. The number of aromatic nitrogens is 1. The molecule has 0 spiro atoms. The smallest absolute Gasteiger partial charge is 0.205 e. The van der Waals surface area contributed by atoms with Gasteiger partial charge in [-0.05, 0) is 29.8 Å². The van der Waals surface area contributed by atoms with Crippen LogP contribution >= 0.6 is 11.3 Å². The largest absolute Gasteiger partial charge is 0.491 e. The highest BCUT2D eigenvalue weighted by atomic mass is 32.1. The van der Waals surface area contributed by atoms with Crippen molar-refractivity contribution in [3.8, 4) is 5.75 Å². The quantitative estimate of drug-likeness (QED) is 0.482. The van der Waals surface area contributed by atoms with Crippen LogP contribution in [0.5, 0.6) is 5.75 Å². The predicted molar refractivity (Wildman–Crippen MR) is 79.4 cm³/mol. The maximum Gasteiger partial charge on any atom is 0.205 e. The molecule has 1 aromatic heterocycles. The third kappa shape index (κ3) is 3.69. The number of nitrogen functional groups attached to an aromatic ring is 1. The fraction of sp³-hybridized carbons (Fsp3) is 0.231. The SMILES string of the molecule is Nc1csc(NN=Cc2ccc(OCC3CO3)cc2)n1. The normalized spacial score (nSPS) is 17.3.